The first-order valence-electron chi connectivity index (χ1n) is 10.4. The molecule has 0 saturated carbocycles. The third-order valence-electron chi connectivity index (χ3n) is 5.02. The molecule has 166 valence electrons. The van der Waals surface area contributed by atoms with E-state index in [1.54, 1.807) is 61.5 Å². The zero-order valence-electron chi connectivity index (χ0n) is 18.1. The Labute approximate surface area is 199 Å². The van der Waals surface area contributed by atoms with E-state index in [4.69, 9.17) is 13.9 Å². The summed E-state index contributed by atoms with van der Waals surface area (Å²) in [6.07, 6.45) is 3.10. The van der Waals surface area contributed by atoms with Crippen molar-refractivity contribution in [2.24, 2.45) is 0 Å². The molecule has 0 spiro atoms. The van der Waals surface area contributed by atoms with Gasteiger partial charge in [0, 0.05) is 21.0 Å². The van der Waals surface area contributed by atoms with Crippen molar-refractivity contribution in [1.29, 1.82) is 0 Å². The summed E-state index contributed by atoms with van der Waals surface area (Å²) in [4.78, 5) is 25.6. The van der Waals surface area contributed by atoms with Crippen LogP contribution in [0.2, 0.25) is 0 Å². The number of halogens is 1. The second-order valence-electron chi connectivity index (χ2n) is 7.26. The van der Waals surface area contributed by atoms with Gasteiger partial charge in [-0.25, -0.2) is 4.79 Å². The summed E-state index contributed by atoms with van der Waals surface area (Å²) in [7, 11) is 0. The maximum Gasteiger partial charge on any atom is 0.347 e. The van der Waals surface area contributed by atoms with Gasteiger partial charge in [-0.15, -0.1) is 0 Å². The Bertz CT molecular complexity index is 1350. The number of esters is 1. The summed E-state index contributed by atoms with van der Waals surface area (Å²) >= 11 is 3.36. The first-order valence-corrected chi connectivity index (χ1v) is 11.2. The minimum absolute atomic E-state index is 0.149. The van der Waals surface area contributed by atoms with Gasteiger partial charge < -0.3 is 13.9 Å². The van der Waals surface area contributed by atoms with Crippen LogP contribution < -0.4 is 9.47 Å². The van der Waals surface area contributed by atoms with E-state index >= 15 is 0 Å². The lowest BCUT2D eigenvalue weighted by Crippen LogP contribution is -2.10. The third kappa shape index (κ3) is 5.07. The molecule has 0 fully saturated rings. The predicted octanol–water partition coefficient (Wildman–Crippen LogP) is 7.02. The number of carbonyl (C=O) groups excluding carboxylic acids is 2. The van der Waals surface area contributed by atoms with Crippen LogP contribution in [0.5, 0.6) is 11.5 Å². The first-order chi connectivity index (χ1) is 16.0. The molecule has 0 saturated heterocycles. The second kappa shape index (κ2) is 9.88. The average molecular weight is 505 g/mol. The van der Waals surface area contributed by atoms with E-state index in [-0.39, 0.29) is 5.78 Å². The average Bonchev–Trinajstić information content (AvgIpc) is 3.14. The van der Waals surface area contributed by atoms with E-state index in [0.717, 1.165) is 4.47 Å². The van der Waals surface area contributed by atoms with Crippen molar-refractivity contribution in [2.75, 3.05) is 6.61 Å². The molecule has 5 nitrogen and oxygen atoms in total. The molecule has 0 aliphatic heterocycles. The lowest BCUT2D eigenvalue weighted by atomic mass is 10.1. The number of fused-ring (bicyclic) bond motifs is 1. The maximum atomic E-state index is 13.1. The van der Waals surface area contributed by atoms with E-state index in [2.05, 4.69) is 15.9 Å². The van der Waals surface area contributed by atoms with Crippen molar-refractivity contribution in [2.45, 2.75) is 13.8 Å². The monoisotopic (exact) mass is 504 g/mol. The molecule has 1 aromatic heterocycles. The van der Waals surface area contributed by atoms with Crippen LogP contribution in [-0.4, -0.2) is 18.4 Å². The predicted molar refractivity (Wildman–Crippen MR) is 131 cm³/mol. The Morgan fingerprint density at radius 3 is 2.55 bits per heavy atom. The number of aryl methyl sites for hydroxylation is 1. The molecule has 1 heterocycles. The molecular formula is C27H21BrO5. The van der Waals surface area contributed by atoms with Gasteiger partial charge in [0.2, 0.25) is 0 Å². The summed E-state index contributed by atoms with van der Waals surface area (Å²) in [5, 5.41) is 0.627. The fraction of sp³-hybridized carbons (Fsp3) is 0.111. The Morgan fingerprint density at radius 2 is 1.79 bits per heavy atom. The molecule has 0 aliphatic rings. The fourth-order valence-corrected chi connectivity index (χ4v) is 3.71. The van der Waals surface area contributed by atoms with Crippen LogP contribution in [0.3, 0.4) is 0 Å². The smallest absolute Gasteiger partial charge is 0.347 e. The minimum atomic E-state index is -0.542. The number of benzene rings is 3. The van der Waals surface area contributed by atoms with E-state index in [1.807, 2.05) is 25.1 Å². The number of furan rings is 1. The number of carbonyl (C=O) groups is 2. The molecule has 0 atom stereocenters. The molecule has 0 N–H and O–H groups in total. The third-order valence-corrected chi connectivity index (χ3v) is 5.54. The van der Waals surface area contributed by atoms with Crippen molar-refractivity contribution in [3.63, 3.8) is 0 Å². The molecule has 33 heavy (non-hydrogen) atoms. The number of hydrogen-bond acceptors (Lipinski definition) is 5. The van der Waals surface area contributed by atoms with Crippen molar-refractivity contribution < 1.29 is 23.5 Å². The highest BCUT2D eigenvalue weighted by Crippen LogP contribution is 2.31. The van der Waals surface area contributed by atoms with Crippen molar-refractivity contribution in [3.8, 4) is 11.5 Å². The highest BCUT2D eigenvalue weighted by atomic mass is 79.9. The highest BCUT2D eigenvalue weighted by Gasteiger charge is 2.21. The SMILES string of the molecule is CCOc1ccc2oc(C)c(C(=O)Oc3ccccc3C=CC(=O)c3ccc(Br)cc3)c2c1. The quantitative estimate of drug-likeness (QED) is 0.117. The van der Waals surface area contributed by atoms with Crippen LogP contribution in [0.15, 0.2) is 81.7 Å². The minimum Gasteiger partial charge on any atom is -0.494 e. The lowest BCUT2D eigenvalue weighted by molar-refractivity contribution is 0.0734. The van der Waals surface area contributed by atoms with Crippen LogP contribution >= 0.6 is 15.9 Å². The van der Waals surface area contributed by atoms with Gasteiger partial charge in [-0.3, -0.25) is 4.79 Å². The normalized spacial score (nSPS) is 11.1. The molecule has 4 aromatic rings. The largest absolute Gasteiger partial charge is 0.494 e. The summed E-state index contributed by atoms with van der Waals surface area (Å²) in [5.74, 6) is 0.762. The molecule has 6 heteroatoms. The number of ketones is 1. The van der Waals surface area contributed by atoms with E-state index in [9.17, 15) is 9.59 Å². The van der Waals surface area contributed by atoms with Crippen LogP contribution in [0.1, 0.15) is 39.0 Å². The zero-order valence-corrected chi connectivity index (χ0v) is 19.7. The van der Waals surface area contributed by atoms with Gasteiger partial charge in [0.1, 0.15) is 28.4 Å². The first kappa shape index (κ1) is 22.6. The Morgan fingerprint density at radius 1 is 1.03 bits per heavy atom. The van der Waals surface area contributed by atoms with Gasteiger partial charge in [0.05, 0.1) is 6.61 Å². The number of hydrogen-bond donors (Lipinski definition) is 0. The van der Waals surface area contributed by atoms with Gasteiger partial charge in [-0.2, -0.15) is 0 Å². The summed E-state index contributed by atoms with van der Waals surface area (Å²) in [6, 6.07) is 19.5. The summed E-state index contributed by atoms with van der Waals surface area (Å²) < 4.78 is 17.9. The molecule has 0 aliphatic carbocycles. The van der Waals surface area contributed by atoms with Gasteiger partial charge in [-0.1, -0.05) is 34.1 Å². The Hall–Kier alpha value is -3.64. The van der Waals surface area contributed by atoms with Crippen molar-refractivity contribution in [1.82, 2.24) is 0 Å². The van der Waals surface area contributed by atoms with Crippen LogP contribution in [0.25, 0.3) is 17.0 Å². The van der Waals surface area contributed by atoms with Crippen LogP contribution in [0, 0.1) is 6.92 Å². The topological polar surface area (TPSA) is 65.7 Å². The molecule has 0 amide bonds. The summed E-state index contributed by atoms with van der Waals surface area (Å²) in [5.41, 5.74) is 2.10. The second-order valence-corrected chi connectivity index (χ2v) is 8.17. The van der Waals surface area contributed by atoms with Gasteiger partial charge in [-0.05, 0) is 74.5 Å². The van der Waals surface area contributed by atoms with Gasteiger partial charge in [0.15, 0.2) is 5.78 Å². The number of ether oxygens (including phenoxy) is 2. The van der Waals surface area contributed by atoms with Gasteiger partial charge in [0.25, 0.3) is 0 Å². The summed E-state index contributed by atoms with van der Waals surface area (Å²) in [6.45, 7) is 4.13. The highest BCUT2D eigenvalue weighted by molar-refractivity contribution is 9.10. The maximum absolute atomic E-state index is 13.1. The molecule has 0 radical (unpaired) electrons. The van der Waals surface area contributed by atoms with Crippen LogP contribution in [-0.2, 0) is 0 Å². The number of para-hydroxylation sites is 1. The standard InChI is InChI=1S/C27H21BrO5/c1-3-31-21-13-15-25-22(16-21)26(17(2)32-25)27(30)33-24-7-5-4-6-19(24)10-14-23(29)18-8-11-20(28)12-9-18/h4-16H,3H2,1-2H3. The lowest BCUT2D eigenvalue weighted by Gasteiger charge is -2.08. The Kier molecular flexibility index (Phi) is 6.75. The molecule has 3 aromatic carbocycles. The molecule has 0 unspecified atom stereocenters. The number of rotatable bonds is 7. The van der Waals surface area contributed by atoms with Crippen molar-refractivity contribution >= 4 is 44.7 Å². The molecule has 4 rings (SSSR count). The molecular weight excluding hydrogens is 484 g/mol. The fourth-order valence-electron chi connectivity index (χ4n) is 3.45. The van der Waals surface area contributed by atoms with E-state index in [1.165, 1.54) is 6.08 Å². The van der Waals surface area contributed by atoms with Crippen LogP contribution in [0.4, 0.5) is 0 Å². The van der Waals surface area contributed by atoms with Crippen molar-refractivity contribution in [3.05, 3.63) is 99.7 Å². The van der Waals surface area contributed by atoms with Gasteiger partial charge >= 0.3 is 5.97 Å². The zero-order chi connectivity index (χ0) is 23.4. The Balaban J connectivity index is 1.60. The molecule has 0 bridgehead atoms. The van der Waals surface area contributed by atoms with E-state index < -0.39 is 5.97 Å². The van der Waals surface area contributed by atoms with E-state index in [0.29, 0.717) is 51.5 Å². The number of allylic oxidation sites excluding steroid dienone is 1.